The lowest BCUT2D eigenvalue weighted by atomic mass is 10.1. The molecule has 0 aliphatic rings. The van der Waals surface area contributed by atoms with E-state index in [9.17, 15) is 4.79 Å². The molecule has 1 aromatic rings. The molecular weight excluding hydrogens is 437 g/mol. The minimum Gasteiger partial charge on any atom is -0.339 e. The number of hydrogen-bond acceptors (Lipinski definition) is 2. The van der Waals surface area contributed by atoms with Gasteiger partial charge in [-0.2, -0.15) is 0 Å². The van der Waals surface area contributed by atoms with Crippen LogP contribution >= 0.6 is 47.0 Å². The number of carbonyl (C=O) groups is 1. The van der Waals surface area contributed by atoms with Gasteiger partial charge < -0.3 is 16.0 Å². The van der Waals surface area contributed by atoms with Gasteiger partial charge in [-0.05, 0) is 49.7 Å². The summed E-state index contributed by atoms with van der Waals surface area (Å²) in [6.07, 6.45) is 6.06. The maximum atomic E-state index is 12.2. The van der Waals surface area contributed by atoms with E-state index in [1.54, 1.807) is 0 Å². The van der Waals surface area contributed by atoms with Crippen molar-refractivity contribution in [2.45, 2.75) is 75.7 Å². The van der Waals surface area contributed by atoms with Gasteiger partial charge in [0.15, 0.2) is 5.11 Å². The Kier molecular flexibility index (Phi) is 11.5. The van der Waals surface area contributed by atoms with Crippen LogP contribution in [-0.2, 0) is 4.79 Å². The van der Waals surface area contributed by atoms with Gasteiger partial charge >= 0.3 is 0 Å². The van der Waals surface area contributed by atoms with E-state index < -0.39 is 9.96 Å². The lowest BCUT2D eigenvalue weighted by Gasteiger charge is -2.28. The summed E-state index contributed by atoms with van der Waals surface area (Å²) in [5, 5.41) is 8.98. The monoisotopic (exact) mass is 465 g/mol. The van der Waals surface area contributed by atoms with Crippen molar-refractivity contribution in [3.8, 4) is 0 Å². The molecule has 0 saturated carbocycles. The van der Waals surface area contributed by atoms with Crippen LogP contribution in [0.4, 0.5) is 5.69 Å². The van der Waals surface area contributed by atoms with E-state index in [1.807, 2.05) is 32.0 Å². The first-order valence-corrected chi connectivity index (χ1v) is 11.2. The lowest BCUT2D eigenvalue weighted by Crippen LogP contribution is -2.56. The van der Waals surface area contributed by atoms with Gasteiger partial charge in [-0.15, -0.1) is 0 Å². The number of amides is 1. The topological polar surface area (TPSA) is 53.2 Å². The second-order valence-corrected chi connectivity index (χ2v) is 9.75. The SMILES string of the molecule is CCCCCCCCC(=O)NC(NC(=S)Nc1cc(C)ccc1C)C(Cl)(Cl)Cl. The van der Waals surface area contributed by atoms with E-state index in [1.165, 1.54) is 19.3 Å². The molecule has 0 spiro atoms. The summed E-state index contributed by atoms with van der Waals surface area (Å²) in [5.74, 6) is -0.172. The molecule has 1 unspecified atom stereocenters. The van der Waals surface area contributed by atoms with Gasteiger partial charge in [-0.3, -0.25) is 4.79 Å². The molecule has 1 amide bonds. The highest BCUT2D eigenvalue weighted by Crippen LogP contribution is 2.29. The summed E-state index contributed by atoms with van der Waals surface area (Å²) < 4.78 is -1.75. The average Bonchev–Trinajstić information content (AvgIpc) is 2.60. The minimum atomic E-state index is -1.75. The molecule has 0 aliphatic carbocycles. The van der Waals surface area contributed by atoms with Gasteiger partial charge in [0.25, 0.3) is 0 Å². The van der Waals surface area contributed by atoms with Crippen molar-refractivity contribution in [3.05, 3.63) is 29.3 Å². The molecule has 1 atom stereocenters. The van der Waals surface area contributed by atoms with Gasteiger partial charge in [0, 0.05) is 12.1 Å². The molecule has 0 aliphatic heterocycles. The second-order valence-electron chi connectivity index (χ2n) is 6.98. The van der Waals surface area contributed by atoms with Crippen LogP contribution < -0.4 is 16.0 Å². The number of thiocarbonyl (C=S) groups is 1. The number of halogens is 3. The van der Waals surface area contributed by atoms with Crippen LogP contribution in [0.1, 0.15) is 63.0 Å². The van der Waals surface area contributed by atoms with E-state index in [2.05, 4.69) is 22.9 Å². The summed E-state index contributed by atoms with van der Waals surface area (Å²) in [4.78, 5) is 12.2. The predicted octanol–water partition coefficient (Wildman–Crippen LogP) is 6.15. The van der Waals surface area contributed by atoms with Crippen LogP contribution in [0, 0.1) is 13.8 Å². The van der Waals surface area contributed by atoms with Crippen molar-refractivity contribution in [2.75, 3.05) is 5.32 Å². The predicted molar refractivity (Wildman–Crippen MR) is 125 cm³/mol. The molecule has 8 heteroatoms. The Morgan fingerprint density at radius 3 is 2.36 bits per heavy atom. The lowest BCUT2D eigenvalue weighted by molar-refractivity contribution is -0.122. The third-order valence-electron chi connectivity index (χ3n) is 4.31. The molecule has 0 saturated heterocycles. The first kappa shape index (κ1) is 25.3. The number of anilines is 1. The third kappa shape index (κ3) is 10.1. The molecule has 0 radical (unpaired) electrons. The van der Waals surface area contributed by atoms with E-state index in [0.717, 1.165) is 36.1 Å². The summed E-state index contributed by atoms with van der Waals surface area (Å²) >= 11 is 23.4. The summed E-state index contributed by atoms with van der Waals surface area (Å²) in [5.41, 5.74) is 2.99. The summed E-state index contributed by atoms with van der Waals surface area (Å²) in [6, 6.07) is 5.99. The summed E-state index contributed by atoms with van der Waals surface area (Å²) in [7, 11) is 0. The highest BCUT2D eigenvalue weighted by molar-refractivity contribution is 7.80. The van der Waals surface area contributed by atoms with Crippen LogP contribution in [0.25, 0.3) is 0 Å². The largest absolute Gasteiger partial charge is 0.339 e. The quantitative estimate of drug-likeness (QED) is 0.167. The Hall–Kier alpha value is -0.750. The molecule has 0 aromatic heterocycles. The number of carbonyl (C=O) groups excluding carboxylic acids is 1. The van der Waals surface area contributed by atoms with Crippen LogP contribution in [0.15, 0.2) is 18.2 Å². The zero-order valence-electron chi connectivity index (χ0n) is 16.7. The Morgan fingerprint density at radius 2 is 1.71 bits per heavy atom. The number of benzene rings is 1. The van der Waals surface area contributed by atoms with E-state index in [0.29, 0.717) is 6.42 Å². The molecule has 0 bridgehead atoms. The van der Waals surface area contributed by atoms with Gasteiger partial charge in [0.05, 0.1) is 0 Å². The van der Waals surface area contributed by atoms with Crippen LogP contribution in [0.2, 0.25) is 0 Å². The second kappa shape index (κ2) is 12.7. The number of rotatable bonds is 10. The minimum absolute atomic E-state index is 0.172. The van der Waals surface area contributed by atoms with Crippen molar-refractivity contribution in [1.29, 1.82) is 0 Å². The average molecular weight is 467 g/mol. The van der Waals surface area contributed by atoms with E-state index in [-0.39, 0.29) is 11.0 Å². The van der Waals surface area contributed by atoms with Gasteiger partial charge in [0.1, 0.15) is 6.17 Å². The van der Waals surface area contributed by atoms with Crippen LogP contribution in [0.5, 0.6) is 0 Å². The molecule has 0 fully saturated rings. The molecule has 28 heavy (non-hydrogen) atoms. The molecule has 4 nitrogen and oxygen atoms in total. The molecule has 1 aromatic carbocycles. The highest BCUT2D eigenvalue weighted by Gasteiger charge is 2.34. The number of aryl methyl sites for hydroxylation is 2. The highest BCUT2D eigenvalue weighted by atomic mass is 35.6. The smallest absolute Gasteiger partial charge is 0.228 e. The Morgan fingerprint density at radius 1 is 1.07 bits per heavy atom. The molecule has 0 heterocycles. The van der Waals surface area contributed by atoms with Gasteiger partial charge in [-0.1, -0.05) is 86.0 Å². The number of unbranched alkanes of at least 4 members (excludes halogenated alkanes) is 5. The van der Waals surface area contributed by atoms with Gasteiger partial charge in [0.2, 0.25) is 9.70 Å². The van der Waals surface area contributed by atoms with E-state index in [4.69, 9.17) is 47.0 Å². The number of alkyl halides is 3. The fourth-order valence-corrected chi connectivity index (χ4v) is 3.21. The first-order chi connectivity index (χ1) is 13.1. The fraction of sp³-hybridized carbons (Fsp3) is 0.600. The Bertz CT molecular complexity index is 650. The zero-order chi connectivity index (χ0) is 21.2. The van der Waals surface area contributed by atoms with Crippen molar-refractivity contribution in [3.63, 3.8) is 0 Å². The molecular formula is C20H30Cl3N3OS. The molecule has 3 N–H and O–H groups in total. The Balaban J connectivity index is 2.55. The third-order valence-corrected chi connectivity index (χ3v) is 5.18. The van der Waals surface area contributed by atoms with Crippen molar-refractivity contribution in [1.82, 2.24) is 10.6 Å². The fourth-order valence-electron chi connectivity index (χ4n) is 2.66. The normalized spacial score (nSPS) is 12.4. The zero-order valence-corrected chi connectivity index (χ0v) is 19.8. The van der Waals surface area contributed by atoms with Crippen molar-refractivity contribution in [2.24, 2.45) is 0 Å². The maximum absolute atomic E-state index is 12.2. The van der Waals surface area contributed by atoms with Crippen molar-refractivity contribution < 1.29 is 4.79 Å². The first-order valence-electron chi connectivity index (χ1n) is 9.64. The van der Waals surface area contributed by atoms with E-state index >= 15 is 0 Å². The maximum Gasteiger partial charge on any atom is 0.228 e. The molecule has 1 rings (SSSR count). The van der Waals surface area contributed by atoms with Gasteiger partial charge in [-0.25, -0.2) is 0 Å². The Labute approximate surface area is 189 Å². The number of nitrogens with one attached hydrogen (secondary N) is 3. The van der Waals surface area contributed by atoms with Crippen molar-refractivity contribution >= 4 is 63.7 Å². The van der Waals surface area contributed by atoms with Crippen LogP contribution in [0.3, 0.4) is 0 Å². The number of hydrogen-bond donors (Lipinski definition) is 3. The standard InChI is InChI=1S/C20H30Cl3N3OS/c1-4-5-6-7-8-9-10-17(27)25-18(20(21,22)23)26-19(28)24-16-13-14(2)11-12-15(16)3/h11-13,18H,4-10H2,1-3H3,(H,25,27)(H2,24,26,28). The molecule has 158 valence electrons. The summed E-state index contributed by atoms with van der Waals surface area (Å²) in [6.45, 7) is 6.14. The van der Waals surface area contributed by atoms with Crippen LogP contribution in [-0.4, -0.2) is 21.0 Å².